The van der Waals surface area contributed by atoms with Gasteiger partial charge in [-0.2, -0.15) is 0 Å². The third-order valence-corrected chi connectivity index (χ3v) is 4.67. The number of aryl methyl sites for hydroxylation is 3. The number of aromatic amines is 1. The highest BCUT2D eigenvalue weighted by atomic mass is 16.5. The monoisotopic (exact) mass is 370 g/mol. The number of anilines is 1. The van der Waals surface area contributed by atoms with Gasteiger partial charge >= 0.3 is 11.7 Å². The molecule has 0 spiro atoms. The lowest BCUT2D eigenvalue weighted by Gasteiger charge is -2.06. The average molecular weight is 370 g/mol. The Bertz CT molecular complexity index is 1120. The van der Waals surface area contributed by atoms with Gasteiger partial charge in [-0.25, -0.2) is 9.59 Å². The van der Waals surface area contributed by atoms with Crippen molar-refractivity contribution in [1.82, 2.24) is 14.1 Å². The zero-order valence-electron chi connectivity index (χ0n) is 16.0. The van der Waals surface area contributed by atoms with Gasteiger partial charge in [-0.15, -0.1) is 0 Å². The largest absolute Gasteiger partial charge is 0.462 e. The number of amides is 1. The van der Waals surface area contributed by atoms with Crippen LogP contribution in [-0.4, -0.2) is 32.6 Å². The fourth-order valence-electron chi connectivity index (χ4n) is 3.26. The molecular formula is C19H22N4O4. The normalized spacial score (nSPS) is 11.0. The lowest BCUT2D eigenvalue weighted by Crippen LogP contribution is -2.19. The molecule has 0 unspecified atom stereocenters. The summed E-state index contributed by atoms with van der Waals surface area (Å²) in [7, 11) is 3.38. The average Bonchev–Trinajstić information content (AvgIpc) is 3.04. The quantitative estimate of drug-likeness (QED) is 0.688. The van der Waals surface area contributed by atoms with Crippen molar-refractivity contribution >= 4 is 28.6 Å². The molecular weight excluding hydrogens is 348 g/mol. The number of H-pyrrole nitrogens is 1. The SMILES string of the molecule is CCOC(=O)c1c(C)[nH]c(C(=O)Nc2ccc3c(c2)n(C)c(=O)n3C)c1C. The number of benzene rings is 1. The molecule has 0 atom stereocenters. The van der Waals surface area contributed by atoms with Crippen molar-refractivity contribution in [2.45, 2.75) is 20.8 Å². The van der Waals surface area contributed by atoms with Gasteiger partial charge in [-0.1, -0.05) is 0 Å². The Morgan fingerprint density at radius 2 is 1.81 bits per heavy atom. The number of carbonyl (C=O) groups is 2. The van der Waals surface area contributed by atoms with Crippen molar-refractivity contribution in [3.05, 3.63) is 51.2 Å². The fourth-order valence-corrected chi connectivity index (χ4v) is 3.26. The van der Waals surface area contributed by atoms with E-state index in [1.807, 2.05) is 0 Å². The summed E-state index contributed by atoms with van der Waals surface area (Å²) >= 11 is 0. The van der Waals surface area contributed by atoms with Gasteiger partial charge in [-0.3, -0.25) is 13.9 Å². The molecule has 2 N–H and O–H groups in total. The van der Waals surface area contributed by atoms with E-state index >= 15 is 0 Å². The summed E-state index contributed by atoms with van der Waals surface area (Å²) in [4.78, 5) is 39.8. The molecule has 0 aliphatic carbocycles. The maximum Gasteiger partial charge on any atom is 0.340 e. The Morgan fingerprint density at radius 1 is 1.15 bits per heavy atom. The first kappa shape index (κ1) is 18.5. The summed E-state index contributed by atoms with van der Waals surface area (Å²) in [6, 6.07) is 5.26. The third-order valence-electron chi connectivity index (χ3n) is 4.67. The lowest BCUT2D eigenvalue weighted by atomic mass is 10.1. The minimum atomic E-state index is -0.455. The number of fused-ring (bicyclic) bond motifs is 1. The van der Waals surface area contributed by atoms with Crippen LogP contribution in [0.15, 0.2) is 23.0 Å². The van der Waals surface area contributed by atoms with Gasteiger partial charge in [0.25, 0.3) is 5.91 Å². The molecule has 0 aliphatic rings. The van der Waals surface area contributed by atoms with Crippen molar-refractivity contribution in [3.63, 3.8) is 0 Å². The maximum absolute atomic E-state index is 12.7. The van der Waals surface area contributed by atoms with Crippen LogP contribution in [-0.2, 0) is 18.8 Å². The third kappa shape index (κ3) is 3.03. The second-order valence-electron chi connectivity index (χ2n) is 6.40. The van der Waals surface area contributed by atoms with E-state index in [2.05, 4.69) is 10.3 Å². The Hall–Kier alpha value is -3.29. The van der Waals surface area contributed by atoms with Gasteiger partial charge in [-0.05, 0) is 44.5 Å². The number of rotatable bonds is 4. The fraction of sp³-hybridized carbons (Fsp3) is 0.316. The number of nitrogens with zero attached hydrogens (tertiary/aromatic N) is 2. The van der Waals surface area contributed by atoms with Crippen LogP contribution in [0.1, 0.15) is 39.0 Å². The van der Waals surface area contributed by atoms with E-state index in [9.17, 15) is 14.4 Å². The molecule has 1 aromatic carbocycles. The smallest absolute Gasteiger partial charge is 0.340 e. The van der Waals surface area contributed by atoms with Crippen molar-refractivity contribution in [2.24, 2.45) is 14.1 Å². The number of ether oxygens (including phenoxy) is 1. The molecule has 2 heterocycles. The molecule has 0 saturated heterocycles. The summed E-state index contributed by atoms with van der Waals surface area (Å²) in [6.45, 7) is 5.42. The van der Waals surface area contributed by atoms with E-state index in [1.165, 1.54) is 4.57 Å². The van der Waals surface area contributed by atoms with E-state index in [1.54, 1.807) is 57.6 Å². The summed E-state index contributed by atoms with van der Waals surface area (Å²) in [5.74, 6) is -0.824. The van der Waals surface area contributed by atoms with Crippen LogP contribution in [0.2, 0.25) is 0 Å². The number of hydrogen-bond donors (Lipinski definition) is 2. The lowest BCUT2D eigenvalue weighted by molar-refractivity contribution is 0.0525. The Morgan fingerprint density at radius 3 is 2.48 bits per heavy atom. The molecule has 0 radical (unpaired) electrons. The molecule has 1 amide bonds. The number of aromatic nitrogens is 3. The first-order valence-electron chi connectivity index (χ1n) is 8.59. The Labute approximate surface area is 155 Å². The highest BCUT2D eigenvalue weighted by molar-refractivity contribution is 6.07. The van der Waals surface area contributed by atoms with E-state index in [0.717, 1.165) is 5.52 Å². The number of carbonyl (C=O) groups excluding carboxylic acids is 2. The number of esters is 1. The molecule has 8 heteroatoms. The van der Waals surface area contributed by atoms with Crippen LogP contribution in [0, 0.1) is 13.8 Å². The zero-order chi connectivity index (χ0) is 19.9. The number of hydrogen-bond acceptors (Lipinski definition) is 4. The highest BCUT2D eigenvalue weighted by Gasteiger charge is 2.23. The minimum absolute atomic E-state index is 0.136. The van der Waals surface area contributed by atoms with Crippen LogP contribution < -0.4 is 11.0 Å². The topological polar surface area (TPSA) is 98.1 Å². The van der Waals surface area contributed by atoms with Crippen LogP contribution in [0.4, 0.5) is 5.69 Å². The first-order chi connectivity index (χ1) is 12.8. The Kier molecular flexibility index (Phi) is 4.65. The summed E-state index contributed by atoms with van der Waals surface area (Å²) in [5, 5.41) is 2.81. The molecule has 0 bridgehead atoms. The van der Waals surface area contributed by atoms with E-state index < -0.39 is 5.97 Å². The van der Waals surface area contributed by atoms with E-state index in [4.69, 9.17) is 4.74 Å². The molecule has 0 saturated carbocycles. The van der Waals surface area contributed by atoms with Gasteiger partial charge in [0.2, 0.25) is 0 Å². The van der Waals surface area contributed by atoms with Crippen LogP contribution in [0.25, 0.3) is 11.0 Å². The van der Waals surface area contributed by atoms with E-state index in [0.29, 0.717) is 33.7 Å². The van der Waals surface area contributed by atoms with Gasteiger partial charge in [0.15, 0.2) is 0 Å². The summed E-state index contributed by atoms with van der Waals surface area (Å²) < 4.78 is 8.12. The molecule has 0 aliphatic heterocycles. The van der Waals surface area contributed by atoms with Crippen LogP contribution in [0.3, 0.4) is 0 Å². The van der Waals surface area contributed by atoms with Gasteiger partial charge in [0, 0.05) is 25.5 Å². The standard InChI is InChI=1S/C19H22N4O4/c1-6-27-18(25)15-10(2)16(20-11(15)3)17(24)21-12-7-8-13-14(9-12)23(5)19(26)22(13)4/h7-9,20H,6H2,1-5H3,(H,21,24). The first-order valence-corrected chi connectivity index (χ1v) is 8.59. The molecule has 142 valence electrons. The van der Waals surface area contributed by atoms with Crippen molar-refractivity contribution < 1.29 is 14.3 Å². The molecule has 0 fully saturated rings. The van der Waals surface area contributed by atoms with Crippen molar-refractivity contribution in [2.75, 3.05) is 11.9 Å². The predicted molar refractivity (Wildman–Crippen MR) is 102 cm³/mol. The maximum atomic E-state index is 12.7. The van der Waals surface area contributed by atoms with Gasteiger partial charge < -0.3 is 15.0 Å². The van der Waals surface area contributed by atoms with Crippen LogP contribution >= 0.6 is 0 Å². The zero-order valence-corrected chi connectivity index (χ0v) is 16.0. The summed E-state index contributed by atoms with van der Waals surface area (Å²) in [5.41, 5.74) is 3.71. The van der Waals surface area contributed by atoms with Crippen molar-refractivity contribution in [3.8, 4) is 0 Å². The Balaban J connectivity index is 1.93. The van der Waals surface area contributed by atoms with Gasteiger partial charge in [0.05, 0.1) is 23.2 Å². The predicted octanol–water partition coefficient (Wildman–Crippen LogP) is 2.25. The second-order valence-corrected chi connectivity index (χ2v) is 6.40. The van der Waals surface area contributed by atoms with Crippen molar-refractivity contribution in [1.29, 1.82) is 0 Å². The molecule has 8 nitrogen and oxygen atoms in total. The molecule has 3 rings (SSSR count). The highest BCUT2D eigenvalue weighted by Crippen LogP contribution is 2.22. The number of nitrogens with one attached hydrogen (secondary N) is 2. The summed E-state index contributed by atoms with van der Waals surface area (Å²) in [6.07, 6.45) is 0. The molecule has 3 aromatic rings. The number of imidazole rings is 1. The van der Waals surface area contributed by atoms with Crippen LogP contribution in [0.5, 0.6) is 0 Å². The molecule has 2 aromatic heterocycles. The minimum Gasteiger partial charge on any atom is -0.462 e. The molecule has 27 heavy (non-hydrogen) atoms. The van der Waals surface area contributed by atoms with E-state index in [-0.39, 0.29) is 18.2 Å². The van der Waals surface area contributed by atoms with Gasteiger partial charge in [0.1, 0.15) is 5.69 Å². The second kappa shape index (κ2) is 6.79.